The monoisotopic (exact) mass is 289 g/mol. The predicted octanol–water partition coefficient (Wildman–Crippen LogP) is 3.24. The van der Waals surface area contributed by atoms with Crippen molar-refractivity contribution in [2.45, 2.75) is 13.3 Å². The molecule has 0 amide bonds. The van der Waals surface area contributed by atoms with E-state index in [0.29, 0.717) is 11.0 Å². The Hall–Kier alpha value is -0.740. The van der Waals surface area contributed by atoms with Crippen molar-refractivity contribution in [3.8, 4) is 0 Å². The van der Waals surface area contributed by atoms with Gasteiger partial charge in [0.05, 0.1) is 5.02 Å². The lowest BCUT2D eigenvalue weighted by Gasteiger charge is -2.06. The SMILES string of the molecule is CCCN=C(N)Nc1ccc(Br)c(Cl)c1. The normalized spacial score (nSPS) is 11.5. The topological polar surface area (TPSA) is 50.4 Å². The van der Waals surface area contributed by atoms with Crippen molar-refractivity contribution in [2.24, 2.45) is 10.7 Å². The lowest BCUT2D eigenvalue weighted by molar-refractivity contribution is 0.929. The Kier molecular flexibility index (Phi) is 4.91. The van der Waals surface area contributed by atoms with Gasteiger partial charge in [0.1, 0.15) is 0 Å². The van der Waals surface area contributed by atoms with Crippen LogP contribution in [0, 0.1) is 0 Å². The van der Waals surface area contributed by atoms with Crippen LogP contribution in [0.3, 0.4) is 0 Å². The number of benzene rings is 1. The summed E-state index contributed by atoms with van der Waals surface area (Å²) >= 11 is 9.25. The van der Waals surface area contributed by atoms with E-state index < -0.39 is 0 Å². The smallest absolute Gasteiger partial charge is 0.193 e. The summed E-state index contributed by atoms with van der Waals surface area (Å²) in [5.74, 6) is 0.412. The highest BCUT2D eigenvalue weighted by atomic mass is 79.9. The van der Waals surface area contributed by atoms with Gasteiger partial charge in [-0.3, -0.25) is 4.99 Å². The molecule has 0 spiro atoms. The van der Waals surface area contributed by atoms with Gasteiger partial charge in [0.25, 0.3) is 0 Å². The lowest BCUT2D eigenvalue weighted by Crippen LogP contribution is -2.22. The van der Waals surface area contributed by atoms with Crippen LogP contribution in [0.2, 0.25) is 5.02 Å². The molecule has 5 heteroatoms. The first-order valence-electron chi connectivity index (χ1n) is 4.65. The van der Waals surface area contributed by atoms with Gasteiger partial charge in [-0.2, -0.15) is 0 Å². The zero-order valence-corrected chi connectivity index (χ0v) is 10.8. The first-order valence-corrected chi connectivity index (χ1v) is 5.82. The van der Waals surface area contributed by atoms with Gasteiger partial charge in [0.2, 0.25) is 0 Å². The van der Waals surface area contributed by atoms with Crippen LogP contribution in [0.4, 0.5) is 5.69 Å². The summed E-state index contributed by atoms with van der Waals surface area (Å²) in [6.45, 7) is 2.77. The molecule has 3 nitrogen and oxygen atoms in total. The molecular weight excluding hydrogens is 277 g/mol. The summed E-state index contributed by atoms with van der Waals surface area (Å²) in [4.78, 5) is 4.12. The fourth-order valence-corrected chi connectivity index (χ4v) is 1.42. The molecule has 1 aromatic carbocycles. The number of nitrogens with two attached hydrogens (primary N) is 1. The van der Waals surface area contributed by atoms with Crippen LogP contribution in [0.5, 0.6) is 0 Å². The molecule has 0 heterocycles. The van der Waals surface area contributed by atoms with Gasteiger partial charge >= 0.3 is 0 Å². The second kappa shape index (κ2) is 5.98. The largest absolute Gasteiger partial charge is 0.370 e. The molecule has 0 fully saturated rings. The van der Waals surface area contributed by atoms with Gasteiger partial charge in [-0.05, 0) is 40.5 Å². The fraction of sp³-hybridized carbons (Fsp3) is 0.300. The van der Waals surface area contributed by atoms with Crippen LogP contribution >= 0.6 is 27.5 Å². The Morgan fingerprint density at radius 3 is 2.93 bits per heavy atom. The third kappa shape index (κ3) is 4.10. The molecule has 0 unspecified atom stereocenters. The molecule has 0 aromatic heterocycles. The number of halogens is 2. The van der Waals surface area contributed by atoms with Gasteiger partial charge in [-0.15, -0.1) is 0 Å². The Labute approximate surface area is 103 Å². The molecule has 0 saturated heterocycles. The zero-order valence-electron chi connectivity index (χ0n) is 8.43. The van der Waals surface area contributed by atoms with E-state index in [2.05, 4.69) is 26.2 Å². The second-order valence-corrected chi connectivity index (χ2v) is 4.28. The van der Waals surface area contributed by atoms with Crippen LogP contribution in [0.25, 0.3) is 0 Å². The standard InChI is InChI=1S/C10H13BrClN3/c1-2-5-14-10(13)15-7-3-4-8(11)9(12)6-7/h3-4,6H,2,5H2,1H3,(H3,13,14,15). The average Bonchev–Trinajstić information content (AvgIpc) is 2.20. The van der Waals surface area contributed by atoms with Gasteiger partial charge in [0, 0.05) is 16.7 Å². The summed E-state index contributed by atoms with van der Waals surface area (Å²) in [7, 11) is 0. The second-order valence-electron chi connectivity index (χ2n) is 3.02. The first-order chi connectivity index (χ1) is 7.13. The zero-order chi connectivity index (χ0) is 11.3. The maximum absolute atomic E-state index is 5.93. The van der Waals surface area contributed by atoms with E-state index in [1.54, 1.807) is 6.07 Å². The van der Waals surface area contributed by atoms with Gasteiger partial charge in [-0.1, -0.05) is 18.5 Å². The molecule has 0 aliphatic rings. The van der Waals surface area contributed by atoms with E-state index in [1.807, 2.05) is 19.1 Å². The van der Waals surface area contributed by atoms with Crippen molar-refractivity contribution < 1.29 is 0 Å². The molecular formula is C10H13BrClN3. The van der Waals surface area contributed by atoms with Crippen molar-refractivity contribution >= 4 is 39.2 Å². The molecule has 15 heavy (non-hydrogen) atoms. The molecule has 3 N–H and O–H groups in total. The van der Waals surface area contributed by atoms with Crippen LogP contribution in [0.15, 0.2) is 27.7 Å². The Balaban J connectivity index is 2.68. The molecule has 1 rings (SSSR count). The van der Waals surface area contributed by atoms with Crippen LogP contribution in [-0.4, -0.2) is 12.5 Å². The maximum Gasteiger partial charge on any atom is 0.193 e. The quantitative estimate of drug-likeness (QED) is 0.663. The first kappa shape index (κ1) is 12.3. The third-order valence-corrected chi connectivity index (χ3v) is 2.93. The minimum atomic E-state index is 0.412. The third-order valence-electron chi connectivity index (χ3n) is 1.70. The molecule has 0 aliphatic carbocycles. The molecule has 0 saturated carbocycles. The van der Waals surface area contributed by atoms with Crippen molar-refractivity contribution in [2.75, 3.05) is 11.9 Å². The lowest BCUT2D eigenvalue weighted by atomic mass is 10.3. The number of guanidine groups is 1. The highest BCUT2D eigenvalue weighted by Gasteiger charge is 1.99. The van der Waals surface area contributed by atoms with Crippen LogP contribution in [-0.2, 0) is 0 Å². The van der Waals surface area contributed by atoms with E-state index in [9.17, 15) is 0 Å². The Morgan fingerprint density at radius 1 is 1.60 bits per heavy atom. The van der Waals surface area contributed by atoms with Gasteiger partial charge in [-0.25, -0.2) is 0 Å². The van der Waals surface area contributed by atoms with Crippen molar-refractivity contribution in [3.05, 3.63) is 27.7 Å². The van der Waals surface area contributed by atoms with E-state index in [-0.39, 0.29) is 0 Å². The maximum atomic E-state index is 5.93. The molecule has 0 bridgehead atoms. The number of anilines is 1. The summed E-state index contributed by atoms with van der Waals surface area (Å²) in [6, 6.07) is 5.53. The fourth-order valence-electron chi connectivity index (χ4n) is 0.994. The summed E-state index contributed by atoms with van der Waals surface area (Å²) in [5.41, 5.74) is 6.50. The van der Waals surface area contributed by atoms with E-state index >= 15 is 0 Å². The number of rotatable bonds is 3. The van der Waals surface area contributed by atoms with Crippen molar-refractivity contribution in [1.82, 2.24) is 0 Å². The number of nitrogens with zero attached hydrogens (tertiary/aromatic N) is 1. The highest BCUT2D eigenvalue weighted by molar-refractivity contribution is 9.10. The van der Waals surface area contributed by atoms with Gasteiger partial charge in [0.15, 0.2) is 5.96 Å². The predicted molar refractivity (Wildman–Crippen MR) is 69.6 cm³/mol. The summed E-state index contributed by atoms with van der Waals surface area (Å²) in [6.07, 6.45) is 0.976. The van der Waals surface area contributed by atoms with E-state index in [4.69, 9.17) is 17.3 Å². The van der Waals surface area contributed by atoms with E-state index in [0.717, 1.165) is 23.1 Å². The summed E-state index contributed by atoms with van der Waals surface area (Å²) in [5, 5.41) is 3.61. The van der Waals surface area contributed by atoms with Crippen molar-refractivity contribution in [1.29, 1.82) is 0 Å². The minimum absolute atomic E-state index is 0.412. The molecule has 0 radical (unpaired) electrons. The summed E-state index contributed by atoms with van der Waals surface area (Å²) < 4.78 is 0.860. The number of aliphatic imine (C=N–C) groups is 1. The molecule has 1 aromatic rings. The average molecular weight is 291 g/mol. The van der Waals surface area contributed by atoms with Gasteiger partial charge < -0.3 is 11.1 Å². The van der Waals surface area contributed by atoms with Crippen molar-refractivity contribution in [3.63, 3.8) is 0 Å². The molecule has 82 valence electrons. The number of nitrogens with one attached hydrogen (secondary N) is 1. The Bertz CT molecular complexity index is 366. The number of hydrogen-bond acceptors (Lipinski definition) is 1. The Morgan fingerprint density at radius 2 is 2.33 bits per heavy atom. The minimum Gasteiger partial charge on any atom is -0.370 e. The van der Waals surface area contributed by atoms with E-state index in [1.165, 1.54) is 0 Å². The number of hydrogen-bond donors (Lipinski definition) is 2. The van der Waals surface area contributed by atoms with Crippen LogP contribution in [0.1, 0.15) is 13.3 Å². The van der Waals surface area contributed by atoms with Crippen LogP contribution < -0.4 is 11.1 Å². The molecule has 0 aliphatic heterocycles. The highest BCUT2D eigenvalue weighted by Crippen LogP contribution is 2.25. The molecule has 0 atom stereocenters.